The van der Waals surface area contributed by atoms with Crippen molar-refractivity contribution in [3.8, 4) is 0 Å². The van der Waals surface area contributed by atoms with Crippen LogP contribution in [0.15, 0.2) is 38.8 Å². The number of rotatable bonds is 1. The molecule has 1 aromatic heterocycles. The van der Waals surface area contributed by atoms with E-state index in [9.17, 15) is 0 Å². The third-order valence-corrected chi connectivity index (χ3v) is 4.74. The van der Waals surface area contributed by atoms with Gasteiger partial charge in [-0.3, -0.25) is 4.99 Å². The average Bonchev–Trinajstić information content (AvgIpc) is 3.02. The summed E-state index contributed by atoms with van der Waals surface area (Å²) < 4.78 is 5.39. The molecule has 96 valence electrons. The lowest BCUT2D eigenvalue weighted by Crippen LogP contribution is -2.19. The van der Waals surface area contributed by atoms with Crippen LogP contribution in [0.25, 0.3) is 16.7 Å². The predicted molar refractivity (Wildman–Crippen MR) is 80.4 cm³/mol. The molecule has 4 rings (SSSR count). The summed E-state index contributed by atoms with van der Waals surface area (Å²) >= 11 is 8.04. The van der Waals surface area contributed by atoms with Crippen LogP contribution in [0.3, 0.4) is 0 Å². The van der Waals surface area contributed by atoms with Gasteiger partial charge in [0.25, 0.3) is 0 Å². The van der Waals surface area contributed by atoms with Gasteiger partial charge in [0.1, 0.15) is 0 Å². The Hall–Kier alpha value is -1.39. The molecule has 3 nitrogen and oxygen atoms in total. The molecule has 0 N–H and O–H groups in total. The van der Waals surface area contributed by atoms with Crippen molar-refractivity contribution in [1.29, 1.82) is 0 Å². The average molecular weight is 291 g/mol. The number of nitrogens with zero attached hydrogens (tertiary/aromatic N) is 2. The van der Waals surface area contributed by atoms with Crippen LogP contribution in [0.4, 0.5) is 0 Å². The highest BCUT2D eigenvalue weighted by molar-refractivity contribution is 8.17. The Kier molecular flexibility index (Phi) is 2.44. The molecule has 0 amide bonds. The monoisotopic (exact) mass is 290 g/mol. The number of aliphatic imine (C=N–C) groups is 1. The normalized spacial score (nSPS) is 18.4. The number of hydrogen-bond acceptors (Lipinski definition) is 4. The highest BCUT2D eigenvalue weighted by atomic mass is 35.5. The Labute approximate surface area is 119 Å². The molecule has 3 heterocycles. The number of fused-ring (bicyclic) bond motifs is 2. The second-order valence-corrected chi connectivity index (χ2v) is 6.21. The van der Waals surface area contributed by atoms with Gasteiger partial charge in [-0.05, 0) is 25.1 Å². The molecular weight excluding hydrogens is 280 g/mol. The van der Waals surface area contributed by atoms with Crippen molar-refractivity contribution in [2.45, 2.75) is 6.92 Å². The molecule has 0 atom stereocenters. The smallest absolute Gasteiger partial charge is 0.168 e. The molecule has 0 radical (unpaired) electrons. The molecule has 0 aliphatic carbocycles. The fourth-order valence-electron chi connectivity index (χ4n) is 2.63. The van der Waals surface area contributed by atoms with Gasteiger partial charge in [-0.25, -0.2) is 0 Å². The van der Waals surface area contributed by atoms with Crippen molar-refractivity contribution in [2.75, 3.05) is 13.1 Å². The van der Waals surface area contributed by atoms with E-state index in [1.165, 1.54) is 10.6 Å². The Morgan fingerprint density at radius 1 is 1.42 bits per heavy atom. The van der Waals surface area contributed by atoms with Crippen LogP contribution >= 0.6 is 23.4 Å². The van der Waals surface area contributed by atoms with Gasteiger partial charge in [0.15, 0.2) is 10.8 Å². The first-order chi connectivity index (χ1) is 9.24. The molecule has 0 saturated heterocycles. The van der Waals surface area contributed by atoms with Crippen LogP contribution in [0.2, 0.25) is 5.02 Å². The SMILES string of the molecule is CC1=C(c2cc(Cl)c3occc3c2)N2CCN=C2S1. The number of benzene rings is 1. The second-order valence-electron chi connectivity index (χ2n) is 4.62. The largest absolute Gasteiger partial charge is 0.463 e. The summed E-state index contributed by atoms with van der Waals surface area (Å²) in [5.74, 6) is 0. The summed E-state index contributed by atoms with van der Waals surface area (Å²) in [6.45, 7) is 3.96. The maximum absolute atomic E-state index is 6.30. The zero-order valence-electron chi connectivity index (χ0n) is 10.3. The lowest BCUT2D eigenvalue weighted by atomic mass is 10.1. The first-order valence-electron chi connectivity index (χ1n) is 6.12. The fourth-order valence-corrected chi connectivity index (χ4v) is 3.95. The quantitative estimate of drug-likeness (QED) is 0.788. The van der Waals surface area contributed by atoms with Gasteiger partial charge >= 0.3 is 0 Å². The molecular formula is C14H11ClN2OS. The summed E-state index contributed by atoms with van der Waals surface area (Å²) in [5.41, 5.74) is 3.12. The van der Waals surface area contributed by atoms with Gasteiger partial charge < -0.3 is 9.32 Å². The summed E-state index contributed by atoms with van der Waals surface area (Å²) in [6, 6.07) is 6.06. The van der Waals surface area contributed by atoms with Gasteiger partial charge in [-0.1, -0.05) is 23.4 Å². The topological polar surface area (TPSA) is 28.7 Å². The Morgan fingerprint density at radius 2 is 2.32 bits per heavy atom. The lowest BCUT2D eigenvalue weighted by molar-refractivity contribution is 0.616. The molecule has 1 aromatic carbocycles. The number of halogens is 1. The van der Waals surface area contributed by atoms with Gasteiger partial charge in [-0.2, -0.15) is 0 Å². The van der Waals surface area contributed by atoms with E-state index in [0.29, 0.717) is 5.02 Å². The summed E-state index contributed by atoms with van der Waals surface area (Å²) in [7, 11) is 0. The van der Waals surface area contributed by atoms with Crippen molar-refractivity contribution < 1.29 is 4.42 Å². The number of furan rings is 1. The van der Waals surface area contributed by atoms with Gasteiger partial charge in [-0.15, -0.1) is 0 Å². The first-order valence-corrected chi connectivity index (χ1v) is 7.31. The van der Waals surface area contributed by atoms with E-state index in [1.807, 2.05) is 12.1 Å². The van der Waals surface area contributed by atoms with E-state index in [2.05, 4.69) is 22.9 Å². The first kappa shape index (κ1) is 11.4. The third kappa shape index (κ3) is 1.63. The lowest BCUT2D eigenvalue weighted by Gasteiger charge is -2.17. The fraction of sp³-hybridized carbons (Fsp3) is 0.214. The van der Waals surface area contributed by atoms with Crippen molar-refractivity contribution in [1.82, 2.24) is 4.90 Å². The molecule has 0 unspecified atom stereocenters. The third-order valence-electron chi connectivity index (χ3n) is 3.43. The minimum absolute atomic E-state index is 0.660. The van der Waals surface area contributed by atoms with Gasteiger partial charge in [0.05, 0.1) is 23.5 Å². The van der Waals surface area contributed by atoms with Crippen molar-refractivity contribution >= 4 is 45.2 Å². The number of allylic oxidation sites excluding steroid dienone is 1. The summed E-state index contributed by atoms with van der Waals surface area (Å²) in [4.78, 5) is 8.06. The van der Waals surface area contributed by atoms with Crippen LogP contribution in [0.5, 0.6) is 0 Å². The molecule has 2 aliphatic rings. The van der Waals surface area contributed by atoms with Gasteiger partial charge in [0, 0.05) is 22.4 Å². The van der Waals surface area contributed by atoms with Crippen LogP contribution in [-0.2, 0) is 0 Å². The van der Waals surface area contributed by atoms with E-state index in [4.69, 9.17) is 16.0 Å². The van der Waals surface area contributed by atoms with Crippen LogP contribution in [0, 0.1) is 0 Å². The molecule has 2 aliphatic heterocycles. The Bertz CT molecular complexity index is 747. The molecule has 0 fully saturated rings. The zero-order chi connectivity index (χ0) is 13.0. The maximum atomic E-state index is 6.30. The molecule has 0 bridgehead atoms. The minimum atomic E-state index is 0.660. The number of hydrogen-bond donors (Lipinski definition) is 0. The Morgan fingerprint density at radius 3 is 3.21 bits per heavy atom. The molecule has 19 heavy (non-hydrogen) atoms. The highest BCUT2D eigenvalue weighted by Gasteiger charge is 2.31. The molecule has 2 aromatic rings. The molecule has 0 saturated carbocycles. The van der Waals surface area contributed by atoms with Crippen LogP contribution in [-0.4, -0.2) is 23.2 Å². The highest BCUT2D eigenvalue weighted by Crippen LogP contribution is 2.42. The van der Waals surface area contributed by atoms with E-state index in [0.717, 1.165) is 34.8 Å². The van der Waals surface area contributed by atoms with Crippen molar-refractivity contribution in [3.63, 3.8) is 0 Å². The zero-order valence-corrected chi connectivity index (χ0v) is 11.9. The van der Waals surface area contributed by atoms with Crippen LogP contribution in [0.1, 0.15) is 12.5 Å². The summed E-state index contributed by atoms with van der Waals surface area (Å²) in [5, 5.41) is 2.81. The molecule has 5 heteroatoms. The van der Waals surface area contributed by atoms with E-state index in [1.54, 1.807) is 18.0 Å². The molecule has 0 spiro atoms. The minimum Gasteiger partial charge on any atom is -0.463 e. The predicted octanol–water partition coefficient (Wildman–Crippen LogP) is 4.19. The second kappa shape index (κ2) is 4.05. The van der Waals surface area contributed by atoms with Gasteiger partial charge in [0.2, 0.25) is 0 Å². The maximum Gasteiger partial charge on any atom is 0.168 e. The number of amidine groups is 1. The van der Waals surface area contributed by atoms with Crippen LogP contribution < -0.4 is 0 Å². The summed E-state index contributed by atoms with van der Waals surface area (Å²) in [6.07, 6.45) is 1.67. The van der Waals surface area contributed by atoms with Crippen molar-refractivity contribution in [2.24, 2.45) is 4.99 Å². The standard InChI is InChI=1S/C14H11ClN2OS/c1-8-12(17-4-3-16-14(17)19-8)10-6-9-2-5-18-13(9)11(15)7-10/h2,5-7H,3-4H2,1H3. The van der Waals surface area contributed by atoms with E-state index < -0.39 is 0 Å². The van der Waals surface area contributed by atoms with Crippen molar-refractivity contribution in [3.05, 3.63) is 40.0 Å². The number of thioether (sulfide) groups is 1. The van der Waals surface area contributed by atoms with E-state index >= 15 is 0 Å². The van der Waals surface area contributed by atoms with E-state index in [-0.39, 0.29) is 0 Å². The Balaban J connectivity index is 1.90.